The van der Waals surface area contributed by atoms with E-state index in [4.69, 9.17) is 5.73 Å². The molecule has 0 aliphatic heterocycles. The smallest absolute Gasteiger partial charge is 0.326 e. The highest BCUT2D eigenvalue weighted by molar-refractivity contribution is 7.98. The molecule has 168 valence electrons. The van der Waals surface area contributed by atoms with E-state index in [0.29, 0.717) is 18.6 Å². The minimum Gasteiger partial charge on any atom is -0.480 e. The molecule has 6 N–H and O–H groups in total. The Hall–Kier alpha value is -1.81. The lowest BCUT2D eigenvalue weighted by molar-refractivity contribution is -0.143. The predicted octanol–water partition coefficient (Wildman–Crippen LogP) is 0.328. The van der Waals surface area contributed by atoms with E-state index in [0.717, 1.165) is 0 Å². The fraction of sp³-hybridized carbons (Fsp3) is 0.789. The van der Waals surface area contributed by atoms with E-state index in [-0.39, 0.29) is 11.8 Å². The van der Waals surface area contributed by atoms with Gasteiger partial charge in [0, 0.05) is 0 Å². The van der Waals surface area contributed by atoms with E-state index < -0.39 is 47.9 Å². The maximum atomic E-state index is 12.6. The number of aliphatic carboxylic acids is 1. The molecule has 0 fully saturated rings. The summed E-state index contributed by atoms with van der Waals surface area (Å²) in [6.45, 7) is 8.77. The van der Waals surface area contributed by atoms with E-state index in [2.05, 4.69) is 16.0 Å². The summed E-state index contributed by atoms with van der Waals surface area (Å²) in [5, 5.41) is 16.9. The number of hydrogen-bond donors (Lipinski definition) is 5. The van der Waals surface area contributed by atoms with Crippen molar-refractivity contribution in [3.8, 4) is 0 Å². The van der Waals surface area contributed by atoms with Crippen LogP contribution in [0.5, 0.6) is 0 Å². The number of rotatable bonds is 13. The molecular weight excluding hydrogens is 396 g/mol. The number of carbonyl (C=O) groups is 4. The van der Waals surface area contributed by atoms with Crippen molar-refractivity contribution in [2.45, 2.75) is 71.6 Å². The van der Waals surface area contributed by atoms with Crippen LogP contribution in [0.15, 0.2) is 0 Å². The first kappa shape index (κ1) is 27.2. The van der Waals surface area contributed by atoms with E-state index in [1.807, 2.05) is 20.1 Å². The summed E-state index contributed by atoms with van der Waals surface area (Å²) in [6.07, 6.45) is 2.69. The van der Waals surface area contributed by atoms with Crippen LogP contribution in [-0.2, 0) is 19.2 Å². The summed E-state index contributed by atoms with van der Waals surface area (Å²) in [4.78, 5) is 48.5. The van der Waals surface area contributed by atoms with Crippen LogP contribution in [0.4, 0.5) is 0 Å². The van der Waals surface area contributed by atoms with Gasteiger partial charge in [-0.05, 0) is 43.6 Å². The third-order valence-electron chi connectivity index (χ3n) is 4.29. The fourth-order valence-electron chi connectivity index (χ4n) is 2.57. The molecule has 0 aromatic carbocycles. The average molecular weight is 433 g/mol. The normalized spacial score (nSPS) is 15.3. The Kier molecular flexibility index (Phi) is 12.6. The summed E-state index contributed by atoms with van der Waals surface area (Å²) in [5.41, 5.74) is 5.83. The molecule has 0 saturated heterocycles. The van der Waals surface area contributed by atoms with Gasteiger partial charge in [0.25, 0.3) is 0 Å². The van der Waals surface area contributed by atoms with Gasteiger partial charge < -0.3 is 26.8 Å². The molecule has 0 aromatic rings. The molecule has 3 amide bonds. The average Bonchev–Trinajstić information content (AvgIpc) is 2.61. The van der Waals surface area contributed by atoms with E-state index in [1.165, 1.54) is 18.7 Å². The molecule has 4 atom stereocenters. The molecule has 0 bridgehead atoms. The van der Waals surface area contributed by atoms with Crippen molar-refractivity contribution >= 4 is 35.5 Å². The topological polar surface area (TPSA) is 151 Å². The van der Waals surface area contributed by atoms with Crippen LogP contribution in [0, 0.1) is 11.8 Å². The van der Waals surface area contributed by atoms with Gasteiger partial charge >= 0.3 is 5.97 Å². The zero-order chi connectivity index (χ0) is 22.7. The molecule has 0 aromatic heterocycles. The highest BCUT2D eigenvalue weighted by Gasteiger charge is 2.29. The Bertz CT molecular complexity index is 571. The van der Waals surface area contributed by atoms with Crippen LogP contribution >= 0.6 is 11.8 Å². The molecule has 0 spiro atoms. The number of nitrogens with two attached hydrogens (primary N) is 1. The van der Waals surface area contributed by atoms with Crippen LogP contribution in [0.25, 0.3) is 0 Å². The van der Waals surface area contributed by atoms with Gasteiger partial charge in [-0.3, -0.25) is 14.4 Å². The number of carboxylic acid groups (broad SMARTS) is 1. The van der Waals surface area contributed by atoms with Crippen molar-refractivity contribution in [1.29, 1.82) is 0 Å². The van der Waals surface area contributed by atoms with E-state index >= 15 is 0 Å². The third-order valence-corrected chi connectivity index (χ3v) is 4.93. The van der Waals surface area contributed by atoms with Gasteiger partial charge in [-0.15, -0.1) is 0 Å². The Morgan fingerprint density at radius 3 is 1.97 bits per heavy atom. The molecule has 4 unspecified atom stereocenters. The SMILES string of the molecule is CSCCC(NC(=O)C(C)NC(=O)C(N)CC(C)C)C(=O)NC(C(=O)O)C(C)C. The van der Waals surface area contributed by atoms with Crippen molar-refractivity contribution < 1.29 is 24.3 Å². The Morgan fingerprint density at radius 2 is 1.52 bits per heavy atom. The number of carboxylic acids is 1. The largest absolute Gasteiger partial charge is 0.480 e. The molecule has 0 saturated carbocycles. The van der Waals surface area contributed by atoms with Gasteiger partial charge in [-0.25, -0.2) is 4.79 Å². The number of carbonyl (C=O) groups excluding carboxylic acids is 3. The van der Waals surface area contributed by atoms with Gasteiger partial charge in [-0.2, -0.15) is 11.8 Å². The van der Waals surface area contributed by atoms with Crippen LogP contribution in [0.2, 0.25) is 0 Å². The first-order valence-corrected chi connectivity index (χ1v) is 11.2. The van der Waals surface area contributed by atoms with Crippen LogP contribution < -0.4 is 21.7 Å². The third kappa shape index (κ3) is 10.5. The number of nitrogens with one attached hydrogen (secondary N) is 3. The number of amides is 3. The minimum atomic E-state index is -1.14. The Balaban J connectivity index is 5.02. The number of hydrogen-bond acceptors (Lipinski definition) is 6. The molecule has 0 heterocycles. The second-order valence-electron chi connectivity index (χ2n) is 7.88. The summed E-state index contributed by atoms with van der Waals surface area (Å²) in [6, 6.07) is -3.56. The highest BCUT2D eigenvalue weighted by Crippen LogP contribution is 2.06. The molecular formula is C19H36N4O5S. The fourth-order valence-corrected chi connectivity index (χ4v) is 3.04. The lowest BCUT2D eigenvalue weighted by atomic mass is 10.0. The molecule has 0 aliphatic rings. The lowest BCUT2D eigenvalue weighted by Gasteiger charge is -2.25. The van der Waals surface area contributed by atoms with Crippen LogP contribution in [0.1, 0.15) is 47.5 Å². The Morgan fingerprint density at radius 1 is 0.931 bits per heavy atom. The first-order valence-electron chi connectivity index (χ1n) is 9.79. The maximum Gasteiger partial charge on any atom is 0.326 e. The van der Waals surface area contributed by atoms with Gasteiger partial charge in [-0.1, -0.05) is 27.7 Å². The minimum absolute atomic E-state index is 0.239. The second-order valence-corrected chi connectivity index (χ2v) is 8.86. The quantitative estimate of drug-likeness (QED) is 0.281. The van der Waals surface area contributed by atoms with E-state index in [1.54, 1.807) is 13.8 Å². The molecule has 0 rings (SSSR count). The van der Waals surface area contributed by atoms with Crippen molar-refractivity contribution in [1.82, 2.24) is 16.0 Å². The van der Waals surface area contributed by atoms with E-state index in [9.17, 15) is 24.3 Å². The monoisotopic (exact) mass is 432 g/mol. The summed E-state index contributed by atoms with van der Waals surface area (Å²) >= 11 is 1.50. The summed E-state index contributed by atoms with van der Waals surface area (Å²) in [7, 11) is 0. The van der Waals surface area contributed by atoms with Crippen molar-refractivity contribution in [2.75, 3.05) is 12.0 Å². The number of thioether (sulfide) groups is 1. The molecule has 29 heavy (non-hydrogen) atoms. The molecule has 10 heteroatoms. The van der Waals surface area contributed by atoms with Crippen LogP contribution in [0.3, 0.4) is 0 Å². The molecule has 0 radical (unpaired) electrons. The standard InChI is InChI=1S/C19H36N4O5S/c1-10(2)9-13(20)17(25)21-12(5)16(24)22-14(7-8-29-6)18(26)23-15(11(3)4)19(27)28/h10-15H,7-9,20H2,1-6H3,(H,21,25)(H,22,24)(H,23,26)(H,27,28). The summed E-state index contributed by atoms with van der Waals surface area (Å²) in [5.74, 6) is -2.15. The van der Waals surface area contributed by atoms with Crippen molar-refractivity contribution in [3.63, 3.8) is 0 Å². The molecule has 0 aliphatic carbocycles. The maximum absolute atomic E-state index is 12.6. The zero-order valence-corrected chi connectivity index (χ0v) is 19.0. The zero-order valence-electron chi connectivity index (χ0n) is 18.2. The van der Waals surface area contributed by atoms with Gasteiger partial charge in [0.2, 0.25) is 17.7 Å². The van der Waals surface area contributed by atoms with Gasteiger partial charge in [0.15, 0.2) is 0 Å². The van der Waals surface area contributed by atoms with Gasteiger partial charge in [0.1, 0.15) is 18.1 Å². The predicted molar refractivity (Wildman–Crippen MR) is 114 cm³/mol. The summed E-state index contributed by atoms with van der Waals surface area (Å²) < 4.78 is 0. The van der Waals surface area contributed by atoms with Crippen molar-refractivity contribution in [3.05, 3.63) is 0 Å². The van der Waals surface area contributed by atoms with Crippen LogP contribution in [-0.4, -0.2) is 65.0 Å². The lowest BCUT2D eigenvalue weighted by Crippen LogP contribution is -2.57. The second kappa shape index (κ2) is 13.4. The molecule has 9 nitrogen and oxygen atoms in total. The van der Waals surface area contributed by atoms with Crippen molar-refractivity contribution in [2.24, 2.45) is 17.6 Å². The Labute approximate surface area is 177 Å². The first-order chi connectivity index (χ1) is 13.4. The van der Waals surface area contributed by atoms with Gasteiger partial charge in [0.05, 0.1) is 6.04 Å². The highest BCUT2D eigenvalue weighted by atomic mass is 32.2.